The van der Waals surface area contributed by atoms with Gasteiger partial charge in [0, 0.05) is 25.4 Å². The molecule has 0 bridgehead atoms. The molecule has 3 N–H and O–H groups in total. The summed E-state index contributed by atoms with van der Waals surface area (Å²) in [6.45, 7) is 7.23. The number of hydrogen-bond donors (Lipinski definition) is 3. The van der Waals surface area contributed by atoms with Crippen LogP contribution in [-0.4, -0.2) is 37.8 Å². The first kappa shape index (κ1) is 16.9. The Balaban J connectivity index is 1.92. The summed E-state index contributed by atoms with van der Waals surface area (Å²) in [6, 6.07) is 10.1. The molecule has 7 nitrogen and oxygen atoms in total. The average Bonchev–Trinajstić information content (AvgIpc) is 3.05. The van der Waals surface area contributed by atoms with Crippen molar-refractivity contribution in [3.63, 3.8) is 0 Å². The first-order valence-corrected chi connectivity index (χ1v) is 8.22. The maximum Gasteiger partial charge on any atom is 0.226 e. The summed E-state index contributed by atoms with van der Waals surface area (Å²) in [5.74, 6) is 1.17. The second-order valence-electron chi connectivity index (χ2n) is 5.76. The number of rotatable bonds is 8. The summed E-state index contributed by atoms with van der Waals surface area (Å²) in [7, 11) is 0. The van der Waals surface area contributed by atoms with E-state index in [1.807, 2.05) is 29.7 Å². The van der Waals surface area contributed by atoms with Gasteiger partial charge in [-0.25, -0.2) is 4.98 Å². The van der Waals surface area contributed by atoms with Crippen LogP contribution >= 0.6 is 0 Å². The van der Waals surface area contributed by atoms with Gasteiger partial charge in [0.25, 0.3) is 0 Å². The molecule has 0 aliphatic heterocycles. The van der Waals surface area contributed by atoms with E-state index in [-0.39, 0.29) is 6.61 Å². The van der Waals surface area contributed by atoms with Crippen LogP contribution in [0.2, 0.25) is 0 Å². The molecule has 0 aliphatic rings. The van der Waals surface area contributed by atoms with Crippen molar-refractivity contribution in [2.45, 2.75) is 19.9 Å². The predicted molar refractivity (Wildman–Crippen MR) is 100 cm³/mol. The molecule has 3 rings (SSSR count). The fourth-order valence-electron chi connectivity index (χ4n) is 2.44. The lowest BCUT2D eigenvalue weighted by Gasteiger charge is -2.10. The highest BCUT2D eigenvalue weighted by Crippen LogP contribution is 2.23. The van der Waals surface area contributed by atoms with E-state index in [4.69, 9.17) is 5.11 Å². The van der Waals surface area contributed by atoms with Gasteiger partial charge in [-0.1, -0.05) is 36.9 Å². The highest BCUT2D eigenvalue weighted by Gasteiger charge is 2.13. The Hall–Kier alpha value is -2.93. The van der Waals surface area contributed by atoms with Crippen molar-refractivity contribution in [1.82, 2.24) is 19.5 Å². The number of fused-ring (bicyclic) bond motifs is 1. The molecule has 0 spiro atoms. The molecule has 0 aliphatic carbocycles. The molecule has 0 saturated heterocycles. The topological polar surface area (TPSA) is 87.9 Å². The average molecular weight is 338 g/mol. The van der Waals surface area contributed by atoms with Crippen LogP contribution in [-0.2, 0) is 6.54 Å². The van der Waals surface area contributed by atoms with Crippen molar-refractivity contribution in [2.75, 3.05) is 23.8 Å². The van der Waals surface area contributed by atoms with Crippen molar-refractivity contribution in [1.29, 1.82) is 0 Å². The molecule has 0 fully saturated rings. The molecule has 2 heterocycles. The molecule has 25 heavy (non-hydrogen) atoms. The quantitative estimate of drug-likeness (QED) is 0.547. The van der Waals surface area contributed by atoms with Crippen LogP contribution in [0.25, 0.3) is 16.9 Å². The summed E-state index contributed by atoms with van der Waals surface area (Å²) in [4.78, 5) is 13.5. The van der Waals surface area contributed by atoms with E-state index in [0.717, 1.165) is 11.3 Å². The van der Waals surface area contributed by atoms with E-state index in [9.17, 15) is 0 Å². The van der Waals surface area contributed by atoms with E-state index < -0.39 is 0 Å². The molecule has 0 unspecified atom stereocenters. The Morgan fingerprint density at radius 1 is 1.20 bits per heavy atom. The molecule has 3 aromatic rings. The number of nitrogens with zero attached hydrogens (tertiary/aromatic N) is 4. The minimum atomic E-state index is 0.123. The zero-order valence-corrected chi connectivity index (χ0v) is 14.2. The van der Waals surface area contributed by atoms with Crippen molar-refractivity contribution in [2.24, 2.45) is 0 Å². The molecule has 0 atom stereocenters. The van der Waals surface area contributed by atoms with Crippen LogP contribution in [0, 0.1) is 0 Å². The van der Waals surface area contributed by atoms with Crippen LogP contribution in [0.4, 0.5) is 11.8 Å². The zero-order chi connectivity index (χ0) is 17.6. The zero-order valence-electron chi connectivity index (χ0n) is 14.2. The molecular formula is C18H22N6O. The number of benzene rings is 1. The molecule has 2 aromatic heterocycles. The van der Waals surface area contributed by atoms with Crippen molar-refractivity contribution in [3.05, 3.63) is 48.8 Å². The summed E-state index contributed by atoms with van der Waals surface area (Å²) in [5, 5.41) is 15.4. The highest BCUT2D eigenvalue weighted by molar-refractivity contribution is 5.86. The van der Waals surface area contributed by atoms with Crippen LogP contribution in [0.1, 0.15) is 18.9 Å². The maximum atomic E-state index is 8.95. The number of aliphatic hydroxyl groups excluding tert-OH is 1. The van der Waals surface area contributed by atoms with Crippen LogP contribution in [0.5, 0.6) is 0 Å². The molecule has 0 amide bonds. The summed E-state index contributed by atoms with van der Waals surface area (Å²) in [5.41, 5.74) is 3.39. The first-order valence-electron chi connectivity index (χ1n) is 8.22. The van der Waals surface area contributed by atoms with Gasteiger partial charge in [-0.2, -0.15) is 9.97 Å². The fraction of sp³-hybridized carbons (Fsp3) is 0.278. The predicted octanol–water partition coefficient (Wildman–Crippen LogP) is 2.72. The minimum Gasteiger partial charge on any atom is -0.396 e. The SMILES string of the molecule is C=C(C)n1cnc2c(NCc3ccccc3)nc(NCCCO)nc21. The fourth-order valence-corrected chi connectivity index (χ4v) is 2.44. The number of aromatic nitrogens is 4. The van der Waals surface area contributed by atoms with E-state index in [0.29, 0.717) is 42.4 Å². The lowest BCUT2D eigenvalue weighted by molar-refractivity contribution is 0.292. The second kappa shape index (κ2) is 7.76. The normalized spacial score (nSPS) is 10.8. The number of anilines is 2. The van der Waals surface area contributed by atoms with Crippen molar-refractivity contribution < 1.29 is 5.11 Å². The van der Waals surface area contributed by atoms with Crippen LogP contribution < -0.4 is 10.6 Å². The van der Waals surface area contributed by atoms with Gasteiger partial charge in [0.15, 0.2) is 17.0 Å². The smallest absolute Gasteiger partial charge is 0.226 e. The lowest BCUT2D eigenvalue weighted by Crippen LogP contribution is -2.10. The Morgan fingerprint density at radius 3 is 2.72 bits per heavy atom. The molecule has 7 heteroatoms. The monoisotopic (exact) mass is 338 g/mol. The highest BCUT2D eigenvalue weighted by atomic mass is 16.3. The Labute approximate surface area is 146 Å². The second-order valence-corrected chi connectivity index (χ2v) is 5.76. The molecular weight excluding hydrogens is 316 g/mol. The van der Waals surface area contributed by atoms with E-state index in [1.165, 1.54) is 0 Å². The molecule has 0 saturated carbocycles. The molecule has 130 valence electrons. The van der Waals surface area contributed by atoms with Crippen LogP contribution in [0.15, 0.2) is 43.2 Å². The first-order chi connectivity index (χ1) is 12.2. The third kappa shape index (κ3) is 3.95. The van der Waals surface area contributed by atoms with E-state index >= 15 is 0 Å². The standard InChI is InChI=1S/C18H22N6O/c1-13(2)24-12-21-15-16(20-11-14-7-4-3-5-8-14)22-18(23-17(15)24)19-9-6-10-25/h3-5,7-8,12,25H,1,6,9-11H2,2H3,(H2,19,20,22,23). The lowest BCUT2D eigenvalue weighted by atomic mass is 10.2. The minimum absolute atomic E-state index is 0.123. The summed E-state index contributed by atoms with van der Waals surface area (Å²) >= 11 is 0. The van der Waals surface area contributed by atoms with Gasteiger partial charge in [0.1, 0.15) is 6.33 Å². The molecule has 1 aromatic carbocycles. The maximum absolute atomic E-state index is 8.95. The number of hydrogen-bond acceptors (Lipinski definition) is 6. The van der Waals surface area contributed by atoms with E-state index in [1.54, 1.807) is 6.33 Å². The largest absolute Gasteiger partial charge is 0.396 e. The Bertz CT molecular complexity index is 859. The number of allylic oxidation sites excluding steroid dienone is 1. The van der Waals surface area contributed by atoms with Gasteiger partial charge in [0.05, 0.1) is 0 Å². The Kier molecular flexibility index (Phi) is 5.25. The van der Waals surface area contributed by atoms with E-state index in [2.05, 4.69) is 44.3 Å². The third-order valence-corrected chi connectivity index (χ3v) is 3.73. The van der Waals surface area contributed by atoms with Gasteiger partial charge in [0.2, 0.25) is 5.95 Å². The summed E-state index contributed by atoms with van der Waals surface area (Å²) < 4.78 is 1.84. The van der Waals surface area contributed by atoms with Crippen molar-refractivity contribution in [3.8, 4) is 0 Å². The Morgan fingerprint density at radius 2 is 2.00 bits per heavy atom. The summed E-state index contributed by atoms with van der Waals surface area (Å²) in [6.07, 6.45) is 2.33. The van der Waals surface area contributed by atoms with Gasteiger partial charge in [-0.05, 0) is 18.9 Å². The van der Waals surface area contributed by atoms with Gasteiger partial charge >= 0.3 is 0 Å². The third-order valence-electron chi connectivity index (χ3n) is 3.73. The van der Waals surface area contributed by atoms with Gasteiger partial charge in [-0.15, -0.1) is 0 Å². The molecule has 0 radical (unpaired) electrons. The number of aliphatic hydroxyl groups is 1. The number of nitrogens with one attached hydrogen (secondary N) is 2. The van der Waals surface area contributed by atoms with Crippen LogP contribution in [0.3, 0.4) is 0 Å². The van der Waals surface area contributed by atoms with Gasteiger partial charge in [-0.3, -0.25) is 4.57 Å². The van der Waals surface area contributed by atoms with Gasteiger partial charge < -0.3 is 15.7 Å². The number of imidazole rings is 1. The van der Waals surface area contributed by atoms with Crippen molar-refractivity contribution >= 4 is 28.6 Å².